The minimum Gasteiger partial charge on any atom is -0.475 e. The number of fused-ring (bicyclic) bond motifs is 7. The summed E-state index contributed by atoms with van der Waals surface area (Å²) in [7, 11) is 1.54. The highest BCUT2D eigenvalue weighted by atomic mass is 19.1. The van der Waals surface area contributed by atoms with Gasteiger partial charge in [0.15, 0.2) is 12.6 Å². The average molecular weight is 759 g/mol. The number of piperazine rings is 1. The molecule has 0 unspecified atom stereocenters. The molecule has 7 heterocycles. The molecule has 0 spiro atoms. The highest BCUT2D eigenvalue weighted by Gasteiger charge is 2.52. The molecule has 4 aromatic rings. The Labute approximate surface area is 319 Å². The fraction of sp³-hybridized carbons (Fsp3) is 0.561. The number of aromatic nitrogens is 3. The number of ether oxygens (including phenoxy) is 5. The monoisotopic (exact) mass is 758 g/mol. The van der Waals surface area contributed by atoms with Crippen LogP contribution in [0.1, 0.15) is 65.4 Å². The fourth-order valence-corrected chi connectivity index (χ4v) is 9.72. The van der Waals surface area contributed by atoms with Gasteiger partial charge in [0, 0.05) is 32.2 Å². The topological polar surface area (TPSA) is 112 Å². The lowest BCUT2D eigenvalue weighted by atomic mass is 9.94. The zero-order valence-corrected chi connectivity index (χ0v) is 32.1. The molecular weight excluding hydrogens is 710 g/mol. The molecule has 0 aliphatic carbocycles. The van der Waals surface area contributed by atoms with E-state index in [-0.39, 0.29) is 67.3 Å². The number of nitrogens with zero attached hydrogens (tertiary/aromatic N) is 6. The van der Waals surface area contributed by atoms with Gasteiger partial charge in [-0.15, -0.1) is 0 Å². The van der Waals surface area contributed by atoms with E-state index in [0.717, 1.165) is 48.6 Å². The van der Waals surface area contributed by atoms with Gasteiger partial charge in [-0.25, -0.2) is 18.6 Å². The molecule has 5 atom stereocenters. The zero-order valence-electron chi connectivity index (χ0n) is 32.1. The van der Waals surface area contributed by atoms with E-state index in [1.165, 1.54) is 0 Å². The predicted molar refractivity (Wildman–Crippen MR) is 202 cm³/mol. The molecule has 5 aliphatic rings. The molecule has 4 fully saturated rings. The molecule has 12 nitrogen and oxygen atoms in total. The van der Waals surface area contributed by atoms with Crippen LogP contribution >= 0.6 is 0 Å². The molecule has 2 aromatic carbocycles. The molecule has 0 radical (unpaired) electrons. The number of benzene rings is 2. The van der Waals surface area contributed by atoms with Crippen molar-refractivity contribution in [1.29, 1.82) is 0 Å². The number of hydrogen-bond donors (Lipinski definition) is 0. The number of methoxy groups -OCH3 is 1. The van der Waals surface area contributed by atoms with Crippen LogP contribution in [0.25, 0.3) is 32.9 Å². The maximum atomic E-state index is 17.6. The van der Waals surface area contributed by atoms with Crippen molar-refractivity contribution in [3.8, 4) is 28.9 Å². The highest BCUT2D eigenvalue weighted by molar-refractivity contribution is 6.03. The maximum absolute atomic E-state index is 17.6. The Morgan fingerprint density at radius 3 is 2.73 bits per heavy atom. The molecule has 1 amide bonds. The Morgan fingerprint density at radius 2 is 1.93 bits per heavy atom. The van der Waals surface area contributed by atoms with Gasteiger partial charge in [0.2, 0.25) is 5.88 Å². The molecule has 2 aromatic heterocycles. The molecule has 55 heavy (non-hydrogen) atoms. The number of rotatable bonds is 8. The lowest BCUT2D eigenvalue weighted by Crippen LogP contribution is -2.63. The van der Waals surface area contributed by atoms with E-state index in [0.29, 0.717) is 48.4 Å². The number of anilines is 1. The standard InChI is InChI=1S/C41H48F2N6O6/c1-6-23-9-7-10-24-15-27(54-22-51-5)16-28(31(23)24)34-33(43)35-32-36(46-38(45-35)53-21-41-13-8-14-47(41)18-25(42)17-41)48-19-26-11-12-29(30(48)20-52-37(32)44-34)49(26)39(50)55-40(2,3)4/h7,9-10,15-16,25-26,29-30H,6,8,11-14,17-22H2,1-5H3/t25-,26-,29+,30+,41-/m1/s1. The van der Waals surface area contributed by atoms with Crippen molar-refractivity contribution in [3.63, 3.8) is 0 Å². The van der Waals surface area contributed by atoms with E-state index in [1.54, 1.807) is 13.2 Å². The molecule has 0 saturated carbocycles. The first-order chi connectivity index (χ1) is 26.5. The van der Waals surface area contributed by atoms with Gasteiger partial charge in [0.25, 0.3) is 0 Å². The van der Waals surface area contributed by atoms with E-state index < -0.39 is 23.1 Å². The van der Waals surface area contributed by atoms with Crippen LogP contribution in [0.2, 0.25) is 0 Å². The summed E-state index contributed by atoms with van der Waals surface area (Å²) in [4.78, 5) is 34.4. The number of amides is 1. The third kappa shape index (κ3) is 6.16. The van der Waals surface area contributed by atoms with Crippen LogP contribution in [0.4, 0.5) is 19.4 Å². The summed E-state index contributed by atoms with van der Waals surface area (Å²) in [6, 6.07) is 8.94. The number of aryl methyl sites for hydroxylation is 1. The first-order valence-corrected chi connectivity index (χ1v) is 19.5. The molecule has 5 aliphatic heterocycles. The highest BCUT2D eigenvalue weighted by Crippen LogP contribution is 2.47. The van der Waals surface area contributed by atoms with Crippen LogP contribution in [0.3, 0.4) is 0 Å². The molecule has 292 valence electrons. The molecule has 9 rings (SSSR count). The fourth-order valence-electron chi connectivity index (χ4n) is 9.72. The maximum Gasteiger partial charge on any atom is 0.410 e. The van der Waals surface area contributed by atoms with Gasteiger partial charge in [-0.2, -0.15) is 9.97 Å². The Bertz CT molecular complexity index is 2170. The summed E-state index contributed by atoms with van der Waals surface area (Å²) in [5.74, 6) is 0.495. The van der Waals surface area contributed by atoms with Gasteiger partial charge < -0.3 is 28.6 Å². The smallest absolute Gasteiger partial charge is 0.410 e. The number of hydrogen-bond acceptors (Lipinski definition) is 11. The number of carbonyl (C=O) groups excluding carboxylic acids is 1. The lowest BCUT2D eigenvalue weighted by Gasteiger charge is -2.46. The van der Waals surface area contributed by atoms with E-state index >= 15 is 4.39 Å². The number of carbonyl (C=O) groups is 1. The Balaban J connectivity index is 1.20. The summed E-state index contributed by atoms with van der Waals surface area (Å²) >= 11 is 0. The second-order valence-electron chi connectivity index (χ2n) is 16.6. The van der Waals surface area contributed by atoms with Gasteiger partial charge in [-0.1, -0.05) is 25.1 Å². The third-order valence-electron chi connectivity index (χ3n) is 12.0. The summed E-state index contributed by atoms with van der Waals surface area (Å²) in [6.45, 7) is 9.64. The minimum absolute atomic E-state index is 0.00638. The molecule has 0 N–H and O–H groups in total. The minimum atomic E-state index is -0.930. The van der Waals surface area contributed by atoms with Gasteiger partial charge in [0.1, 0.15) is 53.2 Å². The van der Waals surface area contributed by atoms with E-state index in [9.17, 15) is 9.18 Å². The van der Waals surface area contributed by atoms with E-state index in [2.05, 4.69) is 16.7 Å². The number of alkyl halides is 1. The second kappa shape index (κ2) is 13.6. The SMILES string of the molecule is CCc1cccc2cc(OCOC)cc(-c3nc4c5c(nc(OC[C@]67CCCN6C[C@H](F)C7)nc5c3F)N3C[C@H]5CC[C@@H]([C@@H]3CO4)N5C(=O)OC(C)(C)C)c12. The van der Waals surface area contributed by atoms with Gasteiger partial charge >= 0.3 is 12.1 Å². The van der Waals surface area contributed by atoms with Crippen molar-refractivity contribution in [1.82, 2.24) is 24.8 Å². The van der Waals surface area contributed by atoms with Crippen LogP contribution in [-0.2, 0) is 15.9 Å². The van der Waals surface area contributed by atoms with Gasteiger partial charge in [0.05, 0.1) is 23.7 Å². The largest absolute Gasteiger partial charge is 0.475 e. The zero-order chi connectivity index (χ0) is 38.2. The molecule has 2 bridgehead atoms. The lowest BCUT2D eigenvalue weighted by molar-refractivity contribution is 0.00537. The molecule has 4 saturated heterocycles. The Kier molecular flexibility index (Phi) is 8.91. The van der Waals surface area contributed by atoms with Crippen molar-refractivity contribution in [2.24, 2.45) is 0 Å². The first kappa shape index (κ1) is 36.1. The summed E-state index contributed by atoms with van der Waals surface area (Å²) in [6.07, 6.45) is 3.08. The molecular formula is C41H48F2N6O6. The summed E-state index contributed by atoms with van der Waals surface area (Å²) < 4.78 is 62.3. The number of halogens is 2. The summed E-state index contributed by atoms with van der Waals surface area (Å²) in [5, 5.41) is 2.05. The third-order valence-corrected chi connectivity index (χ3v) is 12.0. The average Bonchev–Trinajstić information content (AvgIpc) is 3.76. The van der Waals surface area contributed by atoms with Gasteiger partial charge in [-0.05, 0) is 87.9 Å². The van der Waals surface area contributed by atoms with Crippen LogP contribution < -0.4 is 19.1 Å². The Morgan fingerprint density at radius 1 is 1.07 bits per heavy atom. The number of pyridine rings is 1. The predicted octanol–water partition coefficient (Wildman–Crippen LogP) is 6.83. The normalized spacial score (nSPS) is 25.9. The Hall–Kier alpha value is -4.56. The quantitative estimate of drug-likeness (QED) is 0.176. The van der Waals surface area contributed by atoms with Crippen LogP contribution in [-0.4, -0.2) is 113 Å². The van der Waals surface area contributed by atoms with Crippen molar-refractivity contribution in [2.75, 3.05) is 51.7 Å². The van der Waals surface area contributed by atoms with Crippen molar-refractivity contribution in [3.05, 3.63) is 41.7 Å². The van der Waals surface area contributed by atoms with Crippen molar-refractivity contribution >= 4 is 33.6 Å². The first-order valence-electron chi connectivity index (χ1n) is 19.5. The second-order valence-corrected chi connectivity index (χ2v) is 16.6. The van der Waals surface area contributed by atoms with Crippen LogP contribution in [0.5, 0.6) is 17.6 Å². The van der Waals surface area contributed by atoms with Gasteiger partial charge in [-0.3, -0.25) is 9.80 Å². The molecule has 14 heteroatoms. The van der Waals surface area contributed by atoms with Crippen LogP contribution in [0, 0.1) is 5.82 Å². The van der Waals surface area contributed by atoms with E-state index in [1.807, 2.05) is 49.9 Å². The summed E-state index contributed by atoms with van der Waals surface area (Å²) in [5.41, 5.74) is 0.506. The van der Waals surface area contributed by atoms with Crippen LogP contribution in [0.15, 0.2) is 30.3 Å². The van der Waals surface area contributed by atoms with Crippen molar-refractivity contribution in [2.45, 2.75) is 102 Å². The van der Waals surface area contributed by atoms with Crippen molar-refractivity contribution < 1.29 is 37.3 Å². The van der Waals surface area contributed by atoms with E-state index in [4.69, 9.17) is 38.6 Å².